The van der Waals surface area contributed by atoms with E-state index < -0.39 is 0 Å². The Morgan fingerprint density at radius 3 is 3.18 bits per heavy atom. The van der Waals surface area contributed by atoms with Crippen molar-refractivity contribution in [2.75, 3.05) is 0 Å². The predicted molar refractivity (Wildman–Crippen MR) is 41.5 cm³/mol. The van der Waals surface area contributed by atoms with E-state index in [1.807, 2.05) is 18.2 Å². The van der Waals surface area contributed by atoms with Gasteiger partial charge < -0.3 is 4.98 Å². The van der Waals surface area contributed by atoms with E-state index in [1.165, 1.54) is 6.07 Å². The van der Waals surface area contributed by atoms with Crippen LogP contribution in [0.1, 0.15) is 0 Å². The van der Waals surface area contributed by atoms with E-state index in [0.717, 1.165) is 5.69 Å². The first-order chi connectivity index (χ1) is 5.36. The maximum atomic E-state index is 10.8. The minimum absolute atomic E-state index is 0.0984. The van der Waals surface area contributed by atoms with Crippen LogP contribution in [-0.4, -0.2) is 9.97 Å². The molecule has 54 valence electrons. The molecule has 0 unspecified atom stereocenters. The molecule has 3 heteroatoms. The second-order valence-corrected chi connectivity index (χ2v) is 2.26. The smallest absolute Gasteiger partial charge is 0.250 e. The summed E-state index contributed by atoms with van der Waals surface area (Å²) in [6, 6.07) is 6.96. The average molecular weight is 146 g/mol. The molecule has 0 saturated carbocycles. The lowest BCUT2D eigenvalue weighted by Crippen LogP contribution is -1.92. The molecule has 11 heavy (non-hydrogen) atoms. The van der Waals surface area contributed by atoms with Crippen LogP contribution in [-0.2, 0) is 0 Å². The van der Waals surface area contributed by atoms with E-state index >= 15 is 0 Å². The van der Waals surface area contributed by atoms with Crippen LogP contribution < -0.4 is 5.56 Å². The van der Waals surface area contributed by atoms with Gasteiger partial charge in [0, 0.05) is 12.3 Å². The van der Waals surface area contributed by atoms with Crippen molar-refractivity contribution in [1.29, 1.82) is 0 Å². The average Bonchev–Trinajstić information content (AvgIpc) is 2.17. The van der Waals surface area contributed by atoms with Crippen molar-refractivity contribution in [2.45, 2.75) is 0 Å². The second-order valence-electron chi connectivity index (χ2n) is 2.26. The molecule has 2 rings (SSSR count). The van der Waals surface area contributed by atoms with Gasteiger partial charge in [-0.25, -0.2) is 0 Å². The number of hydrogen-bond donors (Lipinski definition) is 1. The molecule has 0 atom stereocenters. The topological polar surface area (TPSA) is 45.8 Å². The lowest BCUT2D eigenvalue weighted by Gasteiger charge is -1.83. The number of aromatic nitrogens is 2. The molecule has 2 aliphatic rings. The highest BCUT2D eigenvalue weighted by Crippen LogP contribution is 2.10. The van der Waals surface area contributed by atoms with Crippen molar-refractivity contribution in [3.8, 4) is 11.4 Å². The van der Waals surface area contributed by atoms with Gasteiger partial charge in [0.25, 0.3) is 5.56 Å². The summed E-state index contributed by atoms with van der Waals surface area (Å²) in [6.07, 6.45) is 1.66. The zero-order chi connectivity index (χ0) is 7.68. The van der Waals surface area contributed by atoms with Crippen LogP contribution in [0.4, 0.5) is 0 Å². The highest BCUT2D eigenvalue weighted by molar-refractivity contribution is 5.54. The maximum absolute atomic E-state index is 10.8. The number of nitrogens with one attached hydrogen (secondary N) is 1. The standard InChI is InChI=1S/C8H6N2O/c11-8-5-7-6(10-8)3-1-2-4-9-7/h1-5H,(H,10,11). The molecular formula is C8H6N2O. The van der Waals surface area contributed by atoms with Gasteiger partial charge in [-0.05, 0) is 12.1 Å². The number of rotatable bonds is 0. The number of nitrogens with zero attached hydrogens (tertiary/aromatic N) is 1. The van der Waals surface area contributed by atoms with Crippen LogP contribution >= 0.6 is 0 Å². The molecule has 3 nitrogen and oxygen atoms in total. The summed E-state index contributed by atoms with van der Waals surface area (Å²) in [6.45, 7) is 0. The van der Waals surface area contributed by atoms with Gasteiger partial charge in [0.1, 0.15) is 0 Å². The van der Waals surface area contributed by atoms with Gasteiger partial charge >= 0.3 is 0 Å². The molecule has 0 aromatic rings. The zero-order valence-corrected chi connectivity index (χ0v) is 5.74. The molecule has 2 aliphatic heterocycles. The summed E-state index contributed by atoms with van der Waals surface area (Å²) < 4.78 is 0. The van der Waals surface area contributed by atoms with Crippen molar-refractivity contribution in [3.05, 3.63) is 40.8 Å². The minimum atomic E-state index is -0.0984. The van der Waals surface area contributed by atoms with Gasteiger partial charge in [0.15, 0.2) is 0 Å². The third-order valence-electron chi connectivity index (χ3n) is 1.48. The summed E-state index contributed by atoms with van der Waals surface area (Å²) in [4.78, 5) is 17.5. The molecule has 0 fully saturated rings. The Morgan fingerprint density at radius 2 is 2.27 bits per heavy atom. The lowest BCUT2D eigenvalue weighted by molar-refractivity contribution is 1.31. The van der Waals surface area contributed by atoms with Crippen LogP contribution in [0.3, 0.4) is 0 Å². The maximum Gasteiger partial charge on any atom is 0.250 e. The fourth-order valence-corrected chi connectivity index (χ4v) is 0.993. The SMILES string of the molecule is O=c1cc2nccccc-2[nH]1. The van der Waals surface area contributed by atoms with Crippen LogP contribution in [0.25, 0.3) is 11.4 Å². The van der Waals surface area contributed by atoms with Gasteiger partial charge in [-0.2, -0.15) is 0 Å². The summed E-state index contributed by atoms with van der Waals surface area (Å²) in [7, 11) is 0. The van der Waals surface area contributed by atoms with E-state index in [2.05, 4.69) is 9.97 Å². The largest absolute Gasteiger partial charge is 0.321 e. The third kappa shape index (κ3) is 1.00. The van der Waals surface area contributed by atoms with Crippen molar-refractivity contribution in [2.24, 2.45) is 0 Å². The highest BCUT2D eigenvalue weighted by atomic mass is 16.1. The summed E-state index contributed by atoms with van der Waals surface area (Å²) in [5, 5.41) is 0. The fourth-order valence-electron chi connectivity index (χ4n) is 0.993. The summed E-state index contributed by atoms with van der Waals surface area (Å²) >= 11 is 0. The Hall–Kier alpha value is -1.64. The highest BCUT2D eigenvalue weighted by Gasteiger charge is 2.01. The Kier molecular flexibility index (Phi) is 1.22. The predicted octanol–water partition coefficient (Wildman–Crippen LogP) is 0.875. The Balaban J connectivity index is 2.83. The van der Waals surface area contributed by atoms with Crippen LogP contribution in [0.15, 0.2) is 35.3 Å². The molecule has 2 heterocycles. The van der Waals surface area contributed by atoms with E-state index in [9.17, 15) is 4.79 Å². The quantitative estimate of drug-likeness (QED) is 0.599. The van der Waals surface area contributed by atoms with Crippen molar-refractivity contribution >= 4 is 0 Å². The molecular weight excluding hydrogens is 140 g/mol. The summed E-state index contributed by atoms with van der Waals surface area (Å²) in [5.41, 5.74) is 1.39. The van der Waals surface area contributed by atoms with Crippen LogP contribution in [0.5, 0.6) is 0 Å². The van der Waals surface area contributed by atoms with Gasteiger partial charge in [0.05, 0.1) is 11.4 Å². The molecule has 0 saturated heterocycles. The van der Waals surface area contributed by atoms with E-state index in [0.29, 0.717) is 5.69 Å². The Bertz CT molecular complexity index is 360. The van der Waals surface area contributed by atoms with E-state index in [1.54, 1.807) is 6.20 Å². The van der Waals surface area contributed by atoms with E-state index in [4.69, 9.17) is 0 Å². The lowest BCUT2D eigenvalue weighted by atomic mass is 10.3. The fraction of sp³-hybridized carbons (Fsp3) is 0. The normalized spacial score (nSPS) is 10.2. The summed E-state index contributed by atoms with van der Waals surface area (Å²) in [5.74, 6) is 0. The Morgan fingerprint density at radius 1 is 1.36 bits per heavy atom. The zero-order valence-electron chi connectivity index (χ0n) is 5.74. The minimum Gasteiger partial charge on any atom is -0.321 e. The molecule has 0 aromatic heterocycles. The van der Waals surface area contributed by atoms with Crippen molar-refractivity contribution < 1.29 is 0 Å². The first-order valence-corrected chi connectivity index (χ1v) is 3.30. The third-order valence-corrected chi connectivity index (χ3v) is 1.48. The van der Waals surface area contributed by atoms with Gasteiger partial charge in [0.2, 0.25) is 0 Å². The second kappa shape index (κ2) is 2.20. The van der Waals surface area contributed by atoms with Gasteiger partial charge in [-0.15, -0.1) is 0 Å². The van der Waals surface area contributed by atoms with E-state index in [-0.39, 0.29) is 5.56 Å². The number of H-pyrrole nitrogens is 1. The number of aromatic amines is 1. The molecule has 1 N–H and O–H groups in total. The van der Waals surface area contributed by atoms with Crippen LogP contribution in [0.2, 0.25) is 0 Å². The number of fused-ring (bicyclic) bond motifs is 1. The number of hydrogen-bond acceptors (Lipinski definition) is 2. The Labute approximate surface area is 63.1 Å². The molecule has 0 aliphatic carbocycles. The van der Waals surface area contributed by atoms with Crippen molar-refractivity contribution in [3.63, 3.8) is 0 Å². The van der Waals surface area contributed by atoms with Crippen LogP contribution in [0, 0.1) is 0 Å². The molecule has 0 radical (unpaired) electrons. The monoisotopic (exact) mass is 146 g/mol. The first-order valence-electron chi connectivity index (χ1n) is 3.30. The molecule has 0 spiro atoms. The van der Waals surface area contributed by atoms with Gasteiger partial charge in [-0.1, -0.05) is 6.07 Å². The molecule has 0 aromatic carbocycles. The van der Waals surface area contributed by atoms with Gasteiger partial charge in [-0.3, -0.25) is 9.78 Å². The van der Waals surface area contributed by atoms with Crippen molar-refractivity contribution in [1.82, 2.24) is 9.97 Å². The first kappa shape index (κ1) is 6.09. The molecule has 0 bridgehead atoms. The molecule has 0 amide bonds.